The van der Waals surface area contributed by atoms with E-state index < -0.39 is 0 Å². The topological polar surface area (TPSA) is 23.5 Å². The number of anilines is 3. The van der Waals surface area contributed by atoms with Crippen molar-refractivity contribution in [1.82, 2.24) is 0 Å². The molecule has 1 aliphatic rings. The molecule has 1 N–H and O–H groups in total. The third-order valence-corrected chi connectivity index (χ3v) is 6.19. The minimum absolute atomic E-state index is 0.0702. The van der Waals surface area contributed by atoms with Gasteiger partial charge in [-0.2, -0.15) is 0 Å². The molecule has 1 aliphatic carbocycles. The van der Waals surface area contributed by atoms with Crippen LogP contribution in [-0.2, 0) is 12.0 Å². The third-order valence-electron chi connectivity index (χ3n) is 6.19. The van der Waals surface area contributed by atoms with Crippen molar-refractivity contribution in [2.75, 3.05) is 4.90 Å². The first kappa shape index (κ1) is 18.7. The Morgan fingerprint density at radius 2 is 1.17 bits per heavy atom. The van der Waals surface area contributed by atoms with Crippen molar-refractivity contribution in [3.05, 3.63) is 114 Å². The van der Waals surface area contributed by atoms with Gasteiger partial charge < -0.3 is 10.0 Å². The summed E-state index contributed by atoms with van der Waals surface area (Å²) in [6.45, 7) is 4.62. The fourth-order valence-electron chi connectivity index (χ4n) is 4.61. The van der Waals surface area contributed by atoms with E-state index in [9.17, 15) is 5.11 Å². The number of para-hydroxylation sites is 2. The highest BCUT2D eigenvalue weighted by molar-refractivity contribution is 5.85. The molecule has 0 atom stereocenters. The quantitative estimate of drug-likeness (QED) is 0.407. The zero-order valence-electron chi connectivity index (χ0n) is 17.3. The Hall–Kier alpha value is -3.36. The van der Waals surface area contributed by atoms with E-state index in [1.807, 2.05) is 18.2 Å². The Kier molecular flexibility index (Phi) is 4.45. The van der Waals surface area contributed by atoms with Crippen molar-refractivity contribution in [3.8, 4) is 11.1 Å². The molecule has 0 aliphatic heterocycles. The predicted octanol–water partition coefficient (Wildman–Crippen LogP) is 6.96. The fourth-order valence-corrected chi connectivity index (χ4v) is 4.61. The molecule has 5 rings (SSSR count). The summed E-state index contributed by atoms with van der Waals surface area (Å²) in [5.74, 6) is 0. The standard InChI is InChI=1S/C28H25NO/c1-28(2)26-17-20(19-30)13-15-24(26)25-16-14-23(18-27(25)28)29(21-9-5-3-6-10-21)22-11-7-4-8-12-22/h3-18,30H,19H2,1-2H3. The van der Waals surface area contributed by atoms with E-state index in [4.69, 9.17) is 0 Å². The Balaban J connectivity index is 1.68. The van der Waals surface area contributed by atoms with Gasteiger partial charge in [-0.25, -0.2) is 0 Å². The summed E-state index contributed by atoms with van der Waals surface area (Å²) in [7, 11) is 0. The van der Waals surface area contributed by atoms with Crippen molar-refractivity contribution in [3.63, 3.8) is 0 Å². The molecule has 0 saturated carbocycles. The lowest BCUT2D eigenvalue weighted by molar-refractivity contribution is 0.281. The van der Waals surface area contributed by atoms with E-state index in [1.54, 1.807) is 0 Å². The first-order valence-corrected chi connectivity index (χ1v) is 10.4. The Morgan fingerprint density at radius 1 is 0.633 bits per heavy atom. The monoisotopic (exact) mass is 391 g/mol. The maximum atomic E-state index is 9.62. The molecule has 30 heavy (non-hydrogen) atoms. The van der Waals surface area contributed by atoms with Crippen molar-refractivity contribution in [1.29, 1.82) is 0 Å². The molecular weight excluding hydrogens is 366 g/mol. The van der Waals surface area contributed by atoms with Gasteiger partial charge >= 0.3 is 0 Å². The number of aliphatic hydroxyl groups is 1. The van der Waals surface area contributed by atoms with Crippen molar-refractivity contribution >= 4 is 17.1 Å². The molecule has 0 saturated heterocycles. The zero-order chi connectivity index (χ0) is 20.7. The van der Waals surface area contributed by atoms with E-state index in [0.717, 1.165) is 22.6 Å². The SMILES string of the molecule is CC1(C)c2cc(CO)ccc2-c2ccc(N(c3ccccc3)c3ccccc3)cc21. The minimum Gasteiger partial charge on any atom is -0.392 e. The fraction of sp³-hybridized carbons (Fsp3) is 0.143. The third kappa shape index (κ3) is 2.92. The summed E-state index contributed by atoms with van der Waals surface area (Å²) in [5.41, 5.74) is 9.42. The molecule has 0 amide bonds. The van der Waals surface area contributed by atoms with Gasteiger partial charge in [-0.1, -0.05) is 74.5 Å². The highest BCUT2D eigenvalue weighted by atomic mass is 16.3. The lowest BCUT2D eigenvalue weighted by atomic mass is 9.82. The van der Waals surface area contributed by atoms with Crippen LogP contribution in [0.2, 0.25) is 0 Å². The van der Waals surface area contributed by atoms with E-state index in [0.29, 0.717) is 0 Å². The first-order valence-electron chi connectivity index (χ1n) is 10.4. The molecule has 4 aromatic carbocycles. The molecule has 4 aromatic rings. The summed E-state index contributed by atoms with van der Waals surface area (Å²) < 4.78 is 0. The second-order valence-corrected chi connectivity index (χ2v) is 8.40. The number of benzene rings is 4. The predicted molar refractivity (Wildman–Crippen MR) is 125 cm³/mol. The summed E-state index contributed by atoms with van der Waals surface area (Å²) in [4.78, 5) is 2.30. The minimum atomic E-state index is -0.120. The molecular formula is C28H25NO. The van der Waals surface area contributed by atoms with Gasteiger partial charge in [-0.15, -0.1) is 0 Å². The smallest absolute Gasteiger partial charge is 0.0681 e. The van der Waals surface area contributed by atoms with Crippen LogP contribution in [0.15, 0.2) is 97.1 Å². The van der Waals surface area contributed by atoms with Crippen LogP contribution in [0.25, 0.3) is 11.1 Å². The van der Waals surface area contributed by atoms with Gasteiger partial charge in [0.1, 0.15) is 0 Å². The summed E-state index contributed by atoms with van der Waals surface area (Å²) in [5, 5.41) is 9.62. The van der Waals surface area contributed by atoms with E-state index in [-0.39, 0.29) is 12.0 Å². The highest BCUT2D eigenvalue weighted by Gasteiger charge is 2.36. The number of hydrogen-bond donors (Lipinski definition) is 1. The lowest BCUT2D eigenvalue weighted by Crippen LogP contribution is -2.16. The zero-order valence-corrected chi connectivity index (χ0v) is 17.3. The summed E-state index contributed by atoms with van der Waals surface area (Å²) >= 11 is 0. The summed E-state index contributed by atoms with van der Waals surface area (Å²) in [6, 6.07) is 34.1. The van der Waals surface area contributed by atoms with Gasteiger partial charge in [-0.05, 0) is 64.2 Å². The van der Waals surface area contributed by atoms with Crippen LogP contribution in [0.3, 0.4) is 0 Å². The molecule has 2 heteroatoms. The van der Waals surface area contributed by atoms with Crippen LogP contribution in [0, 0.1) is 0 Å². The molecule has 0 aromatic heterocycles. The van der Waals surface area contributed by atoms with Crippen LogP contribution in [0.5, 0.6) is 0 Å². The Labute approximate surface area is 178 Å². The number of aliphatic hydroxyl groups excluding tert-OH is 1. The van der Waals surface area contributed by atoms with Gasteiger partial charge in [0.2, 0.25) is 0 Å². The van der Waals surface area contributed by atoms with Crippen molar-refractivity contribution < 1.29 is 5.11 Å². The van der Waals surface area contributed by atoms with E-state index in [2.05, 4.69) is 97.6 Å². The number of rotatable bonds is 4. The normalized spacial score (nSPS) is 13.6. The summed E-state index contributed by atoms with van der Waals surface area (Å²) in [6.07, 6.45) is 0. The molecule has 2 nitrogen and oxygen atoms in total. The van der Waals surface area contributed by atoms with E-state index in [1.165, 1.54) is 22.3 Å². The van der Waals surface area contributed by atoms with Crippen LogP contribution in [-0.4, -0.2) is 5.11 Å². The average molecular weight is 392 g/mol. The second-order valence-electron chi connectivity index (χ2n) is 8.40. The number of fused-ring (bicyclic) bond motifs is 3. The van der Waals surface area contributed by atoms with Gasteiger partial charge in [0.05, 0.1) is 6.61 Å². The molecule has 0 spiro atoms. The molecule has 148 valence electrons. The molecule has 0 radical (unpaired) electrons. The van der Waals surface area contributed by atoms with Crippen LogP contribution < -0.4 is 4.90 Å². The number of hydrogen-bond acceptors (Lipinski definition) is 2. The maximum absolute atomic E-state index is 9.62. The highest BCUT2D eigenvalue weighted by Crippen LogP contribution is 2.50. The second kappa shape index (κ2) is 7.16. The lowest BCUT2D eigenvalue weighted by Gasteiger charge is -2.28. The van der Waals surface area contributed by atoms with Crippen molar-refractivity contribution in [2.45, 2.75) is 25.9 Å². The maximum Gasteiger partial charge on any atom is 0.0681 e. The Morgan fingerprint density at radius 3 is 1.73 bits per heavy atom. The van der Waals surface area contributed by atoms with Gasteiger partial charge in [-0.3, -0.25) is 0 Å². The van der Waals surface area contributed by atoms with Gasteiger partial charge in [0.25, 0.3) is 0 Å². The van der Waals surface area contributed by atoms with Crippen LogP contribution in [0.1, 0.15) is 30.5 Å². The van der Waals surface area contributed by atoms with Gasteiger partial charge in [0, 0.05) is 22.5 Å². The average Bonchev–Trinajstić information content (AvgIpc) is 3.02. The van der Waals surface area contributed by atoms with Gasteiger partial charge in [0.15, 0.2) is 0 Å². The molecule has 0 fully saturated rings. The van der Waals surface area contributed by atoms with Crippen LogP contribution >= 0.6 is 0 Å². The molecule has 0 unspecified atom stereocenters. The largest absolute Gasteiger partial charge is 0.392 e. The Bertz CT molecular complexity index is 1160. The first-order chi connectivity index (χ1) is 14.6. The van der Waals surface area contributed by atoms with E-state index >= 15 is 0 Å². The molecule has 0 bridgehead atoms. The van der Waals surface area contributed by atoms with Crippen LogP contribution in [0.4, 0.5) is 17.1 Å². The van der Waals surface area contributed by atoms with Crippen molar-refractivity contribution in [2.24, 2.45) is 0 Å². The number of nitrogens with zero attached hydrogens (tertiary/aromatic N) is 1. The molecule has 0 heterocycles.